The number of aromatic nitrogens is 1. The van der Waals surface area contributed by atoms with Crippen LogP contribution in [0.25, 0.3) is 0 Å². The number of amides is 1. The summed E-state index contributed by atoms with van der Waals surface area (Å²) in [6, 6.07) is 12.9. The maximum atomic E-state index is 12.6. The number of nitrogens with one attached hydrogen (secondary N) is 1. The van der Waals surface area contributed by atoms with Gasteiger partial charge in [-0.05, 0) is 49.9 Å². The first-order valence-electron chi connectivity index (χ1n) is 9.73. The molecule has 1 saturated heterocycles. The van der Waals surface area contributed by atoms with E-state index in [-0.39, 0.29) is 17.4 Å². The average Bonchev–Trinajstić information content (AvgIpc) is 3.26. The lowest BCUT2D eigenvalue weighted by molar-refractivity contribution is -0.129. The SMILES string of the molecule is CC(C)N1C[C@@]2(CO[C@H](C(=O)NCCc3cccnc3)C2)c2ccccc21. The van der Waals surface area contributed by atoms with Gasteiger partial charge in [-0.1, -0.05) is 24.3 Å². The van der Waals surface area contributed by atoms with E-state index in [0.29, 0.717) is 19.2 Å². The molecule has 4 rings (SSSR count). The fourth-order valence-electron chi connectivity index (χ4n) is 4.32. The van der Waals surface area contributed by atoms with Gasteiger partial charge in [0.2, 0.25) is 5.91 Å². The lowest BCUT2D eigenvalue weighted by Crippen LogP contribution is -2.39. The molecule has 27 heavy (non-hydrogen) atoms. The summed E-state index contributed by atoms with van der Waals surface area (Å²) in [7, 11) is 0. The van der Waals surface area contributed by atoms with Crippen LogP contribution in [0.4, 0.5) is 5.69 Å². The highest BCUT2D eigenvalue weighted by atomic mass is 16.5. The number of ether oxygens (including phenoxy) is 1. The second-order valence-corrected chi connectivity index (χ2v) is 7.93. The quantitative estimate of drug-likeness (QED) is 0.885. The summed E-state index contributed by atoms with van der Waals surface area (Å²) in [6.45, 7) is 6.56. The van der Waals surface area contributed by atoms with Crippen LogP contribution in [-0.2, 0) is 21.4 Å². The first kappa shape index (κ1) is 18.0. The molecule has 1 aromatic carbocycles. The molecule has 0 aliphatic carbocycles. The van der Waals surface area contributed by atoms with Crippen LogP contribution in [0.2, 0.25) is 0 Å². The maximum absolute atomic E-state index is 12.6. The molecule has 1 aromatic heterocycles. The molecule has 2 aliphatic heterocycles. The van der Waals surface area contributed by atoms with E-state index < -0.39 is 0 Å². The van der Waals surface area contributed by atoms with Gasteiger partial charge in [-0.25, -0.2) is 0 Å². The zero-order valence-corrected chi connectivity index (χ0v) is 16.0. The van der Waals surface area contributed by atoms with Crippen molar-refractivity contribution >= 4 is 11.6 Å². The number of nitrogens with zero attached hydrogens (tertiary/aromatic N) is 2. The molecule has 0 radical (unpaired) electrons. The summed E-state index contributed by atoms with van der Waals surface area (Å²) >= 11 is 0. The van der Waals surface area contributed by atoms with Gasteiger partial charge in [0, 0.05) is 42.6 Å². The summed E-state index contributed by atoms with van der Waals surface area (Å²) in [6.07, 6.45) is 4.74. The van der Waals surface area contributed by atoms with Crippen LogP contribution in [0.3, 0.4) is 0 Å². The van der Waals surface area contributed by atoms with Crippen LogP contribution in [0.1, 0.15) is 31.4 Å². The van der Waals surface area contributed by atoms with Gasteiger partial charge in [-0.2, -0.15) is 0 Å². The zero-order valence-electron chi connectivity index (χ0n) is 16.0. The van der Waals surface area contributed by atoms with Gasteiger partial charge < -0.3 is 15.0 Å². The molecule has 1 amide bonds. The molecule has 0 bridgehead atoms. The number of benzene rings is 1. The predicted octanol–water partition coefficient (Wildman–Crippen LogP) is 2.70. The Morgan fingerprint density at radius 2 is 2.19 bits per heavy atom. The Labute approximate surface area is 160 Å². The summed E-state index contributed by atoms with van der Waals surface area (Å²) in [4.78, 5) is 19.2. The number of anilines is 1. The van der Waals surface area contributed by atoms with Gasteiger partial charge in [0.05, 0.1) is 6.61 Å². The van der Waals surface area contributed by atoms with E-state index in [1.54, 1.807) is 6.20 Å². The molecular weight excluding hydrogens is 338 g/mol. The first-order chi connectivity index (χ1) is 13.1. The van der Waals surface area contributed by atoms with Crippen LogP contribution < -0.4 is 10.2 Å². The number of carbonyl (C=O) groups excluding carboxylic acids is 1. The van der Waals surface area contributed by atoms with Crippen molar-refractivity contribution in [2.45, 2.75) is 44.2 Å². The Kier molecular flexibility index (Phi) is 4.87. The molecule has 142 valence electrons. The molecular formula is C22H27N3O2. The number of hydrogen-bond acceptors (Lipinski definition) is 4. The molecule has 1 fully saturated rings. The van der Waals surface area contributed by atoms with Gasteiger partial charge in [0.15, 0.2) is 0 Å². The number of pyridine rings is 1. The molecule has 1 spiro atoms. The maximum Gasteiger partial charge on any atom is 0.249 e. The highest BCUT2D eigenvalue weighted by Crippen LogP contribution is 2.47. The largest absolute Gasteiger partial charge is 0.368 e. The highest BCUT2D eigenvalue weighted by Gasteiger charge is 2.50. The Hall–Kier alpha value is -2.40. The van der Waals surface area contributed by atoms with Crippen LogP contribution in [0, 0.1) is 0 Å². The number of carbonyl (C=O) groups is 1. The summed E-state index contributed by atoms with van der Waals surface area (Å²) in [5.74, 6) is -0.00348. The van der Waals surface area contributed by atoms with E-state index in [1.807, 2.05) is 18.3 Å². The van der Waals surface area contributed by atoms with Crippen molar-refractivity contribution in [3.63, 3.8) is 0 Å². The monoisotopic (exact) mass is 365 g/mol. The highest BCUT2D eigenvalue weighted by molar-refractivity contribution is 5.81. The van der Waals surface area contributed by atoms with Crippen LogP contribution >= 0.6 is 0 Å². The smallest absolute Gasteiger partial charge is 0.249 e. The lowest BCUT2D eigenvalue weighted by Gasteiger charge is -2.27. The second kappa shape index (κ2) is 7.31. The van der Waals surface area contributed by atoms with E-state index in [1.165, 1.54) is 11.3 Å². The van der Waals surface area contributed by atoms with Gasteiger partial charge in [0.1, 0.15) is 6.10 Å². The standard InChI is InChI=1S/C22H27N3O2/c1-16(2)25-14-22(18-7-3-4-8-19(18)25)12-20(27-15-22)21(26)24-11-9-17-6-5-10-23-13-17/h3-8,10,13,16,20H,9,11-12,14-15H2,1-2H3,(H,24,26)/t20-,22-/m0/s1. The van der Waals surface area contributed by atoms with Crippen molar-refractivity contribution in [3.05, 3.63) is 59.9 Å². The average molecular weight is 365 g/mol. The molecule has 2 aliphatic rings. The van der Waals surface area contributed by atoms with Gasteiger partial charge >= 0.3 is 0 Å². The minimum Gasteiger partial charge on any atom is -0.368 e. The molecule has 2 aromatic rings. The van der Waals surface area contributed by atoms with Crippen molar-refractivity contribution in [1.82, 2.24) is 10.3 Å². The van der Waals surface area contributed by atoms with Gasteiger partial charge in [-0.3, -0.25) is 9.78 Å². The summed E-state index contributed by atoms with van der Waals surface area (Å²) in [5, 5.41) is 3.03. The van der Waals surface area contributed by atoms with Crippen molar-refractivity contribution in [2.75, 3.05) is 24.6 Å². The second-order valence-electron chi connectivity index (χ2n) is 7.93. The first-order valence-corrected chi connectivity index (χ1v) is 9.73. The van der Waals surface area contributed by atoms with Crippen LogP contribution in [0.5, 0.6) is 0 Å². The van der Waals surface area contributed by atoms with Crippen molar-refractivity contribution in [1.29, 1.82) is 0 Å². The zero-order chi connectivity index (χ0) is 18.9. The fourth-order valence-corrected chi connectivity index (χ4v) is 4.32. The Bertz CT molecular complexity index is 808. The van der Waals surface area contributed by atoms with Gasteiger partial charge in [0.25, 0.3) is 0 Å². The van der Waals surface area contributed by atoms with E-state index >= 15 is 0 Å². The third-order valence-electron chi connectivity index (χ3n) is 5.75. The van der Waals surface area contributed by atoms with E-state index in [0.717, 1.165) is 24.9 Å². The van der Waals surface area contributed by atoms with Crippen molar-refractivity contribution < 1.29 is 9.53 Å². The molecule has 0 unspecified atom stereocenters. The molecule has 5 heteroatoms. The number of para-hydroxylation sites is 1. The Balaban J connectivity index is 1.40. The van der Waals surface area contributed by atoms with Crippen molar-refractivity contribution in [2.24, 2.45) is 0 Å². The van der Waals surface area contributed by atoms with Gasteiger partial charge in [-0.15, -0.1) is 0 Å². The normalized spacial score (nSPS) is 23.8. The van der Waals surface area contributed by atoms with E-state index in [2.05, 4.69) is 53.3 Å². The van der Waals surface area contributed by atoms with Crippen LogP contribution in [0.15, 0.2) is 48.8 Å². The molecule has 0 saturated carbocycles. The third-order valence-corrected chi connectivity index (χ3v) is 5.75. The molecule has 2 atom stereocenters. The summed E-state index contributed by atoms with van der Waals surface area (Å²) in [5.41, 5.74) is 3.66. The molecule has 5 nitrogen and oxygen atoms in total. The lowest BCUT2D eigenvalue weighted by atomic mass is 9.80. The topological polar surface area (TPSA) is 54.5 Å². The minimum absolute atomic E-state index is 0.00348. The van der Waals surface area contributed by atoms with E-state index in [4.69, 9.17) is 4.74 Å². The predicted molar refractivity (Wildman–Crippen MR) is 106 cm³/mol. The van der Waals surface area contributed by atoms with Crippen LogP contribution in [-0.4, -0.2) is 42.7 Å². The molecule has 3 heterocycles. The number of rotatable bonds is 5. The van der Waals surface area contributed by atoms with Crippen molar-refractivity contribution in [3.8, 4) is 0 Å². The fraction of sp³-hybridized carbons (Fsp3) is 0.455. The molecule has 1 N–H and O–H groups in total. The summed E-state index contributed by atoms with van der Waals surface area (Å²) < 4.78 is 5.99. The Morgan fingerprint density at radius 1 is 1.33 bits per heavy atom. The third kappa shape index (κ3) is 3.44. The number of fused-ring (bicyclic) bond motifs is 2. The number of hydrogen-bond donors (Lipinski definition) is 1. The Morgan fingerprint density at radius 3 is 2.96 bits per heavy atom. The van der Waals surface area contributed by atoms with E-state index in [9.17, 15) is 4.79 Å². The minimum atomic E-state index is -0.376.